The molecule has 0 saturated carbocycles. The lowest BCUT2D eigenvalue weighted by molar-refractivity contribution is -0.161. The largest absolute Gasteiger partial charge is 0.458 e. The van der Waals surface area contributed by atoms with E-state index in [1.807, 2.05) is 0 Å². The van der Waals surface area contributed by atoms with E-state index in [0.717, 1.165) is 4.90 Å². The zero-order valence-electron chi connectivity index (χ0n) is 14.8. The van der Waals surface area contributed by atoms with Crippen molar-refractivity contribution >= 4 is 18.0 Å². The molecule has 1 saturated heterocycles. The Morgan fingerprint density at radius 1 is 1.05 bits per heavy atom. The van der Waals surface area contributed by atoms with Crippen LogP contribution in [0.5, 0.6) is 0 Å². The van der Waals surface area contributed by atoms with E-state index in [9.17, 15) is 14.4 Å². The molecule has 0 aromatic carbocycles. The maximum absolute atomic E-state index is 12.5. The number of rotatable bonds is 1. The van der Waals surface area contributed by atoms with E-state index in [1.165, 1.54) is 0 Å². The molecular formula is C16H27NO5. The fourth-order valence-corrected chi connectivity index (χ4v) is 2.21. The molecule has 0 N–H and O–H groups in total. The molecule has 0 aliphatic carbocycles. The van der Waals surface area contributed by atoms with Crippen LogP contribution in [0.4, 0.5) is 4.79 Å². The summed E-state index contributed by atoms with van der Waals surface area (Å²) in [6.45, 7) is 13.8. The molecule has 1 aliphatic rings. The Morgan fingerprint density at radius 2 is 1.50 bits per heavy atom. The second kappa shape index (κ2) is 5.56. The molecule has 0 unspecified atom stereocenters. The predicted octanol–water partition coefficient (Wildman–Crippen LogP) is 2.89. The van der Waals surface area contributed by atoms with Crippen molar-refractivity contribution in [1.82, 2.24) is 4.90 Å². The van der Waals surface area contributed by atoms with Crippen LogP contribution >= 0.6 is 0 Å². The maximum Gasteiger partial charge on any atom is 0.417 e. The minimum Gasteiger partial charge on any atom is -0.458 e. The zero-order chi connectivity index (χ0) is 17.5. The van der Waals surface area contributed by atoms with Crippen LogP contribution in [0.15, 0.2) is 0 Å². The standard InChI is InChI=1S/C16H27NO5/c1-14(2,3)21-11(18)10-9-16(7,8)12(19)17(10)13(20)22-15(4,5)6/h10H,9H2,1-8H3/t10-/m1/s1. The van der Waals surface area contributed by atoms with Crippen LogP contribution in [-0.2, 0) is 19.1 Å². The second-order valence-corrected chi connectivity index (χ2v) is 8.29. The Labute approximate surface area is 132 Å². The van der Waals surface area contributed by atoms with Gasteiger partial charge in [0.15, 0.2) is 0 Å². The third-order valence-electron chi connectivity index (χ3n) is 3.08. The lowest BCUT2D eigenvalue weighted by atomic mass is 9.90. The summed E-state index contributed by atoms with van der Waals surface area (Å²) in [6, 6.07) is -0.948. The molecule has 0 bridgehead atoms. The topological polar surface area (TPSA) is 72.9 Å². The summed E-state index contributed by atoms with van der Waals surface area (Å²) >= 11 is 0. The van der Waals surface area contributed by atoms with Crippen molar-refractivity contribution in [1.29, 1.82) is 0 Å². The van der Waals surface area contributed by atoms with Gasteiger partial charge in [-0.2, -0.15) is 0 Å². The van der Waals surface area contributed by atoms with Gasteiger partial charge in [-0.1, -0.05) is 13.8 Å². The van der Waals surface area contributed by atoms with Gasteiger partial charge in [-0.05, 0) is 48.0 Å². The Bertz CT molecular complexity index is 482. The van der Waals surface area contributed by atoms with E-state index in [0.29, 0.717) is 0 Å². The van der Waals surface area contributed by atoms with E-state index < -0.39 is 40.6 Å². The highest BCUT2D eigenvalue weighted by Gasteiger charge is 2.53. The van der Waals surface area contributed by atoms with Crippen LogP contribution in [0.1, 0.15) is 61.8 Å². The summed E-state index contributed by atoms with van der Waals surface area (Å²) in [7, 11) is 0. The fraction of sp³-hybridized carbons (Fsp3) is 0.812. The average molecular weight is 313 g/mol. The number of carbonyl (C=O) groups is 3. The Kier molecular flexibility index (Phi) is 4.66. The molecule has 6 heteroatoms. The van der Waals surface area contributed by atoms with Gasteiger partial charge in [-0.15, -0.1) is 0 Å². The molecule has 2 amide bonds. The number of likely N-dealkylation sites (tertiary alicyclic amines) is 1. The molecule has 1 fully saturated rings. The normalized spacial score (nSPS) is 21.7. The molecule has 22 heavy (non-hydrogen) atoms. The highest BCUT2D eigenvalue weighted by Crippen LogP contribution is 2.37. The minimum atomic E-state index is -0.948. The van der Waals surface area contributed by atoms with E-state index in [-0.39, 0.29) is 6.42 Å². The lowest BCUT2D eigenvalue weighted by Crippen LogP contribution is -2.47. The molecule has 1 rings (SSSR count). The smallest absolute Gasteiger partial charge is 0.417 e. The van der Waals surface area contributed by atoms with Crippen molar-refractivity contribution in [3.63, 3.8) is 0 Å². The third-order valence-corrected chi connectivity index (χ3v) is 3.08. The van der Waals surface area contributed by atoms with Crippen LogP contribution in [0.25, 0.3) is 0 Å². The number of imide groups is 1. The van der Waals surface area contributed by atoms with Crippen LogP contribution in [0.3, 0.4) is 0 Å². The first-order chi connectivity index (χ1) is 9.64. The van der Waals surface area contributed by atoms with Gasteiger partial charge in [-0.25, -0.2) is 14.5 Å². The molecule has 0 radical (unpaired) electrons. The first-order valence-electron chi connectivity index (χ1n) is 7.43. The maximum atomic E-state index is 12.5. The quantitative estimate of drug-likeness (QED) is 0.696. The number of carbonyl (C=O) groups excluding carboxylic acids is 3. The summed E-state index contributed by atoms with van der Waals surface area (Å²) in [6.07, 6.45) is -0.584. The first kappa shape index (κ1) is 18.5. The van der Waals surface area contributed by atoms with Gasteiger partial charge in [-0.3, -0.25) is 4.79 Å². The molecule has 6 nitrogen and oxygen atoms in total. The number of amides is 2. The first-order valence-corrected chi connectivity index (χ1v) is 7.43. The zero-order valence-corrected chi connectivity index (χ0v) is 14.8. The second-order valence-electron chi connectivity index (χ2n) is 8.29. The predicted molar refractivity (Wildman–Crippen MR) is 81.1 cm³/mol. The fourth-order valence-electron chi connectivity index (χ4n) is 2.21. The summed E-state index contributed by atoms with van der Waals surface area (Å²) in [4.78, 5) is 38.0. The van der Waals surface area contributed by atoms with Gasteiger partial charge in [0.1, 0.15) is 17.2 Å². The molecule has 126 valence electrons. The SMILES string of the molecule is CC(C)(C)OC(=O)[C@H]1CC(C)(C)C(=O)N1C(=O)OC(C)(C)C. The average Bonchev–Trinajstić information content (AvgIpc) is 2.45. The molecule has 1 atom stereocenters. The summed E-state index contributed by atoms with van der Waals surface area (Å²) in [5, 5.41) is 0. The molecule has 0 spiro atoms. The van der Waals surface area contributed by atoms with E-state index in [2.05, 4.69) is 0 Å². The van der Waals surface area contributed by atoms with Crippen molar-refractivity contribution in [2.24, 2.45) is 5.41 Å². The highest BCUT2D eigenvalue weighted by atomic mass is 16.6. The van der Waals surface area contributed by atoms with Crippen molar-refractivity contribution in [2.75, 3.05) is 0 Å². The van der Waals surface area contributed by atoms with Crippen molar-refractivity contribution < 1.29 is 23.9 Å². The van der Waals surface area contributed by atoms with Crippen LogP contribution in [0.2, 0.25) is 0 Å². The number of esters is 1. The summed E-state index contributed by atoms with van der Waals surface area (Å²) < 4.78 is 10.6. The Balaban J connectivity index is 3.05. The minimum absolute atomic E-state index is 0.222. The Hall–Kier alpha value is -1.59. The molecule has 1 aliphatic heterocycles. The lowest BCUT2D eigenvalue weighted by Gasteiger charge is -2.28. The van der Waals surface area contributed by atoms with Gasteiger partial charge in [0.25, 0.3) is 0 Å². The van der Waals surface area contributed by atoms with Gasteiger partial charge in [0.05, 0.1) is 0 Å². The van der Waals surface area contributed by atoms with E-state index >= 15 is 0 Å². The Morgan fingerprint density at radius 3 is 1.91 bits per heavy atom. The monoisotopic (exact) mass is 313 g/mol. The van der Waals surface area contributed by atoms with Gasteiger partial charge in [0.2, 0.25) is 5.91 Å². The molecule has 0 aromatic heterocycles. The van der Waals surface area contributed by atoms with Gasteiger partial charge < -0.3 is 9.47 Å². The molecular weight excluding hydrogens is 286 g/mol. The van der Waals surface area contributed by atoms with Crippen molar-refractivity contribution in [3.8, 4) is 0 Å². The van der Waals surface area contributed by atoms with Crippen molar-refractivity contribution in [2.45, 2.75) is 79.1 Å². The van der Waals surface area contributed by atoms with Gasteiger partial charge >= 0.3 is 12.1 Å². The van der Waals surface area contributed by atoms with E-state index in [1.54, 1.807) is 55.4 Å². The summed E-state index contributed by atoms with van der Waals surface area (Å²) in [5.41, 5.74) is -2.24. The van der Waals surface area contributed by atoms with Gasteiger partial charge in [0, 0.05) is 5.41 Å². The number of ether oxygens (including phenoxy) is 2. The number of hydrogen-bond acceptors (Lipinski definition) is 5. The number of nitrogens with zero attached hydrogens (tertiary/aromatic N) is 1. The van der Waals surface area contributed by atoms with E-state index in [4.69, 9.17) is 9.47 Å². The third kappa shape index (κ3) is 4.45. The highest BCUT2D eigenvalue weighted by molar-refractivity contribution is 6.02. The van der Waals surface area contributed by atoms with Crippen LogP contribution in [0, 0.1) is 5.41 Å². The number of hydrogen-bond donors (Lipinski definition) is 0. The van der Waals surface area contributed by atoms with Crippen LogP contribution in [-0.4, -0.2) is 40.1 Å². The molecule has 1 heterocycles. The van der Waals surface area contributed by atoms with Crippen molar-refractivity contribution in [3.05, 3.63) is 0 Å². The molecule has 0 aromatic rings. The summed E-state index contributed by atoms with van der Waals surface area (Å²) in [5.74, 6) is -1.00. The van der Waals surface area contributed by atoms with Crippen LogP contribution < -0.4 is 0 Å².